The summed E-state index contributed by atoms with van der Waals surface area (Å²) in [6, 6.07) is 14.6. The van der Waals surface area contributed by atoms with Crippen LogP contribution in [0.25, 0.3) is 16.7 Å². The number of benzene rings is 2. The molecule has 0 spiro atoms. The van der Waals surface area contributed by atoms with E-state index in [0.717, 1.165) is 11.0 Å². The van der Waals surface area contributed by atoms with Crippen LogP contribution in [0.3, 0.4) is 0 Å². The first-order valence-electron chi connectivity index (χ1n) is 5.79. The van der Waals surface area contributed by atoms with E-state index in [1.54, 1.807) is 18.2 Å². The lowest BCUT2D eigenvalue weighted by molar-refractivity contribution is 0.0600. The molecule has 19 heavy (non-hydrogen) atoms. The first-order chi connectivity index (χ1) is 9.29. The van der Waals surface area contributed by atoms with Gasteiger partial charge in [-0.05, 0) is 24.3 Å². The summed E-state index contributed by atoms with van der Waals surface area (Å²) < 4.78 is 4.76. The van der Waals surface area contributed by atoms with Crippen LogP contribution in [-0.2, 0) is 4.74 Å². The van der Waals surface area contributed by atoms with Gasteiger partial charge in [-0.1, -0.05) is 24.3 Å². The molecule has 2 aromatic carbocycles. The van der Waals surface area contributed by atoms with Crippen molar-refractivity contribution in [3.8, 4) is 5.69 Å². The number of hydrogen-bond acceptors (Lipinski definition) is 4. The summed E-state index contributed by atoms with van der Waals surface area (Å²) in [4.78, 5) is 13.2. The van der Waals surface area contributed by atoms with E-state index in [9.17, 15) is 4.79 Å². The highest BCUT2D eigenvalue weighted by molar-refractivity contribution is 5.93. The van der Waals surface area contributed by atoms with Crippen LogP contribution < -0.4 is 0 Å². The fourth-order valence-electron chi connectivity index (χ4n) is 1.90. The maximum atomic E-state index is 11.7. The fourth-order valence-corrected chi connectivity index (χ4v) is 1.90. The van der Waals surface area contributed by atoms with Crippen LogP contribution in [0.2, 0.25) is 0 Å². The molecule has 0 saturated carbocycles. The smallest absolute Gasteiger partial charge is 0.340 e. The molecule has 0 aliphatic carbocycles. The van der Waals surface area contributed by atoms with E-state index in [0.29, 0.717) is 11.3 Å². The Balaban J connectivity index is 2.18. The van der Waals surface area contributed by atoms with Gasteiger partial charge in [0.05, 0.1) is 12.7 Å². The first-order valence-corrected chi connectivity index (χ1v) is 5.79. The molecule has 1 aromatic heterocycles. The molecule has 0 aliphatic heterocycles. The molecule has 0 aliphatic rings. The van der Waals surface area contributed by atoms with Crippen molar-refractivity contribution in [2.75, 3.05) is 7.11 Å². The number of aromatic nitrogens is 3. The summed E-state index contributed by atoms with van der Waals surface area (Å²) in [7, 11) is 1.35. The minimum absolute atomic E-state index is 0.406. The van der Waals surface area contributed by atoms with E-state index < -0.39 is 5.97 Å². The Morgan fingerprint density at radius 3 is 2.21 bits per heavy atom. The van der Waals surface area contributed by atoms with Gasteiger partial charge in [0.15, 0.2) is 0 Å². The van der Waals surface area contributed by atoms with Crippen molar-refractivity contribution in [2.24, 2.45) is 0 Å². The van der Waals surface area contributed by atoms with E-state index in [2.05, 4.69) is 10.2 Å². The zero-order chi connectivity index (χ0) is 13.2. The van der Waals surface area contributed by atoms with E-state index >= 15 is 0 Å². The quantitative estimate of drug-likeness (QED) is 0.657. The summed E-state index contributed by atoms with van der Waals surface area (Å²) in [6.07, 6.45) is 0. The summed E-state index contributed by atoms with van der Waals surface area (Å²) in [5.74, 6) is -0.406. The predicted octanol–water partition coefficient (Wildman–Crippen LogP) is 2.21. The third kappa shape index (κ3) is 1.95. The maximum absolute atomic E-state index is 11.7. The van der Waals surface area contributed by atoms with Crippen molar-refractivity contribution in [1.82, 2.24) is 15.0 Å². The molecule has 3 aromatic rings. The average Bonchev–Trinajstić information content (AvgIpc) is 2.90. The highest BCUT2D eigenvalue weighted by atomic mass is 16.5. The Bertz CT molecular complexity index is 716. The molecule has 5 heteroatoms. The highest BCUT2D eigenvalue weighted by Crippen LogP contribution is 2.16. The standard InChI is InChI=1S/C14H11N3O2/c1-19-14(18)10-6-2-5-9-13(10)17-15-11-7-3-4-8-12(11)16-17/h2-9H,1H3. The van der Waals surface area contributed by atoms with Crippen molar-refractivity contribution in [3.05, 3.63) is 54.1 Å². The average molecular weight is 253 g/mol. The molecule has 0 atom stereocenters. The molecule has 0 radical (unpaired) electrons. The molecule has 0 amide bonds. The number of carbonyl (C=O) groups is 1. The second-order valence-electron chi connectivity index (χ2n) is 3.99. The molecule has 0 saturated heterocycles. The number of hydrogen-bond donors (Lipinski definition) is 0. The van der Waals surface area contributed by atoms with Crippen LogP contribution >= 0.6 is 0 Å². The van der Waals surface area contributed by atoms with Crippen LogP contribution in [0, 0.1) is 0 Å². The number of methoxy groups -OCH3 is 1. The van der Waals surface area contributed by atoms with Gasteiger partial charge in [0.1, 0.15) is 16.7 Å². The molecular formula is C14H11N3O2. The summed E-state index contributed by atoms with van der Waals surface area (Å²) >= 11 is 0. The summed E-state index contributed by atoms with van der Waals surface area (Å²) in [6.45, 7) is 0. The molecule has 1 heterocycles. The van der Waals surface area contributed by atoms with E-state index in [1.807, 2.05) is 30.3 Å². The van der Waals surface area contributed by atoms with E-state index in [4.69, 9.17) is 4.74 Å². The van der Waals surface area contributed by atoms with Gasteiger partial charge in [-0.25, -0.2) is 4.79 Å². The number of carbonyl (C=O) groups excluding carboxylic acids is 1. The molecule has 3 rings (SSSR count). The monoisotopic (exact) mass is 253 g/mol. The van der Waals surface area contributed by atoms with Crippen LogP contribution in [-0.4, -0.2) is 28.1 Å². The largest absolute Gasteiger partial charge is 0.465 e. The van der Waals surface area contributed by atoms with Crippen molar-refractivity contribution in [1.29, 1.82) is 0 Å². The normalized spacial score (nSPS) is 10.6. The fraction of sp³-hybridized carbons (Fsp3) is 0.0714. The molecule has 0 bridgehead atoms. The molecule has 0 N–H and O–H groups in total. The first kappa shape index (κ1) is 11.4. The van der Waals surface area contributed by atoms with Gasteiger partial charge in [-0.3, -0.25) is 0 Å². The molecule has 94 valence electrons. The Labute approximate surface area is 109 Å². The molecule has 0 fully saturated rings. The van der Waals surface area contributed by atoms with Gasteiger partial charge in [-0.2, -0.15) is 0 Å². The highest BCUT2D eigenvalue weighted by Gasteiger charge is 2.14. The second-order valence-corrected chi connectivity index (χ2v) is 3.99. The van der Waals surface area contributed by atoms with E-state index in [1.165, 1.54) is 11.9 Å². The zero-order valence-electron chi connectivity index (χ0n) is 10.3. The van der Waals surface area contributed by atoms with Crippen LogP contribution in [0.1, 0.15) is 10.4 Å². The zero-order valence-corrected chi connectivity index (χ0v) is 10.3. The number of rotatable bonds is 2. The molecule has 5 nitrogen and oxygen atoms in total. The Hall–Kier alpha value is -2.69. The van der Waals surface area contributed by atoms with Gasteiger partial charge in [0.2, 0.25) is 0 Å². The molecular weight excluding hydrogens is 242 g/mol. The van der Waals surface area contributed by atoms with Gasteiger partial charge >= 0.3 is 5.97 Å². The van der Waals surface area contributed by atoms with Crippen molar-refractivity contribution >= 4 is 17.0 Å². The maximum Gasteiger partial charge on any atom is 0.340 e. The minimum Gasteiger partial charge on any atom is -0.465 e. The third-order valence-corrected chi connectivity index (χ3v) is 2.81. The predicted molar refractivity (Wildman–Crippen MR) is 70.2 cm³/mol. The van der Waals surface area contributed by atoms with Crippen LogP contribution in [0.15, 0.2) is 48.5 Å². The SMILES string of the molecule is COC(=O)c1ccccc1-n1nc2ccccc2n1. The number of fused-ring (bicyclic) bond motifs is 1. The van der Waals surface area contributed by atoms with Crippen molar-refractivity contribution in [3.63, 3.8) is 0 Å². The number of ether oxygens (including phenoxy) is 1. The molecule has 0 unspecified atom stereocenters. The van der Waals surface area contributed by atoms with E-state index in [-0.39, 0.29) is 0 Å². The Morgan fingerprint density at radius 1 is 1.00 bits per heavy atom. The van der Waals surface area contributed by atoms with Gasteiger partial charge in [0, 0.05) is 0 Å². The van der Waals surface area contributed by atoms with Crippen molar-refractivity contribution in [2.45, 2.75) is 0 Å². The number of para-hydroxylation sites is 1. The third-order valence-electron chi connectivity index (χ3n) is 2.81. The van der Waals surface area contributed by atoms with Crippen LogP contribution in [0.5, 0.6) is 0 Å². The number of nitrogens with zero attached hydrogens (tertiary/aromatic N) is 3. The van der Waals surface area contributed by atoms with Gasteiger partial charge in [0.25, 0.3) is 0 Å². The Morgan fingerprint density at radius 2 is 1.58 bits per heavy atom. The lowest BCUT2D eigenvalue weighted by Crippen LogP contribution is -2.09. The Kier molecular flexibility index (Phi) is 2.72. The summed E-state index contributed by atoms with van der Waals surface area (Å²) in [5.41, 5.74) is 2.60. The lowest BCUT2D eigenvalue weighted by Gasteiger charge is -2.05. The van der Waals surface area contributed by atoms with Crippen molar-refractivity contribution < 1.29 is 9.53 Å². The van der Waals surface area contributed by atoms with Crippen LogP contribution in [0.4, 0.5) is 0 Å². The minimum atomic E-state index is -0.406. The van der Waals surface area contributed by atoms with Gasteiger partial charge in [-0.15, -0.1) is 15.0 Å². The van der Waals surface area contributed by atoms with Gasteiger partial charge < -0.3 is 4.74 Å². The lowest BCUT2D eigenvalue weighted by atomic mass is 10.2. The second kappa shape index (κ2) is 4.53. The topological polar surface area (TPSA) is 57.0 Å². The summed E-state index contributed by atoms with van der Waals surface area (Å²) in [5, 5.41) is 8.72. The number of esters is 1.